The van der Waals surface area contributed by atoms with Crippen LogP contribution in [0.25, 0.3) is 33.4 Å². The lowest BCUT2D eigenvalue weighted by Gasteiger charge is -2.19. The van der Waals surface area contributed by atoms with Crippen LogP contribution >= 0.6 is 0 Å². The number of hydrogen-bond donors (Lipinski definition) is 1. The van der Waals surface area contributed by atoms with E-state index in [0.29, 0.717) is 42.6 Å². The molecule has 190 valence electrons. The summed E-state index contributed by atoms with van der Waals surface area (Å²) >= 11 is 0. The lowest BCUT2D eigenvalue weighted by molar-refractivity contribution is 0.0931. The molecular weight excluding hydrogens is 474 g/mol. The molecule has 6 rings (SSSR count). The maximum atomic E-state index is 14.0. The third-order valence-electron chi connectivity index (χ3n) is 6.98. The zero-order valence-electron chi connectivity index (χ0n) is 21.5. The van der Waals surface area contributed by atoms with E-state index in [9.17, 15) is 4.79 Å². The van der Waals surface area contributed by atoms with Gasteiger partial charge in [0.1, 0.15) is 30.4 Å². The molecule has 6 heteroatoms. The second kappa shape index (κ2) is 10.1. The Hall–Kier alpha value is -4.58. The molecule has 0 fully saturated rings. The molecule has 2 heterocycles. The van der Waals surface area contributed by atoms with Gasteiger partial charge in [0.25, 0.3) is 5.91 Å². The molecule has 0 bridgehead atoms. The van der Waals surface area contributed by atoms with Gasteiger partial charge in [0, 0.05) is 17.7 Å². The Morgan fingerprint density at radius 2 is 1.63 bits per heavy atom. The highest BCUT2D eigenvalue weighted by Crippen LogP contribution is 2.37. The second-order valence-corrected chi connectivity index (χ2v) is 9.36. The van der Waals surface area contributed by atoms with E-state index in [2.05, 4.69) is 29.6 Å². The topological polar surface area (TPSA) is 65.4 Å². The van der Waals surface area contributed by atoms with Crippen LogP contribution in [0, 0.1) is 0 Å². The Kier molecular flexibility index (Phi) is 6.30. The van der Waals surface area contributed by atoms with E-state index in [4.69, 9.17) is 14.5 Å². The van der Waals surface area contributed by atoms with E-state index >= 15 is 0 Å². The van der Waals surface area contributed by atoms with Crippen molar-refractivity contribution in [2.45, 2.75) is 26.4 Å². The zero-order valence-corrected chi connectivity index (χ0v) is 21.5. The van der Waals surface area contributed by atoms with Gasteiger partial charge in [-0.15, -0.1) is 0 Å². The van der Waals surface area contributed by atoms with E-state index in [1.807, 2.05) is 85.1 Å². The molecule has 1 aliphatic heterocycles. The van der Waals surface area contributed by atoms with Gasteiger partial charge >= 0.3 is 0 Å². The van der Waals surface area contributed by atoms with Crippen LogP contribution in [0.3, 0.4) is 0 Å². The van der Waals surface area contributed by atoms with E-state index in [1.165, 1.54) is 0 Å². The summed E-state index contributed by atoms with van der Waals surface area (Å²) in [5.41, 5.74) is 3.97. The van der Waals surface area contributed by atoms with Crippen LogP contribution in [-0.4, -0.2) is 28.7 Å². The molecule has 0 saturated carbocycles. The van der Waals surface area contributed by atoms with Gasteiger partial charge in [-0.1, -0.05) is 72.8 Å². The maximum absolute atomic E-state index is 14.0. The van der Waals surface area contributed by atoms with Crippen LogP contribution in [-0.2, 0) is 6.54 Å². The Morgan fingerprint density at radius 3 is 2.45 bits per heavy atom. The summed E-state index contributed by atoms with van der Waals surface area (Å²) in [5.74, 6) is 1.94. The van der Waals surface area contributed by atoms with Gasteiger partial charge < -0.3 is 19.4 Å². The number of amides is 1. The number of hydrogen-bond acceptors (Lipinski definition) is 4. The summed E-state index contributed by atoms with van der Waals surface area (Å²) in [6.45, 7) is 5.66. The predicted octanol–water partition coefficient (Wildman–Crippen LogP) is 6.65. The quantitative estimate of drug-likeness (QED) is 0.282. The molecule has 38 heavy (non-hydrogen) atoms. The minimum atomic E-state index is -0.206. The van der Waals surface area contributed by atoms with Gasteiger partial charge in [0.05, 0.1) is 6.04 Å². The third-order valence-corrected chi connectivity index (χ3v) is 6.98. The van der Waals surface area contributed by atoms with Gasteiger partial charge in [-0.2, -0.15) is 0 Å². The van der Waals surface area contributed by atoms with Crippen molar-refractivity contribution in [3.8, 4) is 34.1 Å². The standard InChI is InChI=1S/C32H29N3O3/c1-3-35-30(32(36)33-21(2)25-15-9-13-22-10-7-8-14-26(22)25)29(34-31(35)23-11-5-4-6-12-23)24-16-17-27-28(20-24)38-19-18-37-27/h4-17,20-21H,3,18-19H2,1-2H3,(H,33,36). The monoisotopic (exact) mass is 503 g/mol. The first-order valence-corrected chi connectivity index (χ1v) is 13.0. The second-order valence-electron chi connectivity index (χ2n) is 9.36. The fraction of sp³-hybridized carbons (Fsp3) is 0.188. The summed E-state index contributed by atoms with van der Waals surface area (Å²) in [7, 11) is 0. The number of aromatic nitrogens is 2. The number of imidazole rings is 1. The van der Waals surface area contributed by atoms with Gasteiger partial charge in [-0.25, -0.2) is 4.98 Å². The Labute approximate surface area is 221 Å². The molecule has 0 radical (unpaired) electrons. The van der Waals surface area contributed by atoms with Crippen LogP contribution in [0.1, 0.15) is 35.9 Å². The number of ether oxygens (including phenoxy) is 2. The average molecular weight is 504 g/mol. The van der Waals surface area contributed by atoms with Gasteiger partial charge in [-0.3, -0.25) is 4.79 Å². The number of rotatable bonds is 6. The number of carbonyl (C=O) groups is 1. The highest BCUT2D eigenvalue weighted by atomic mass is 16.6. The van der Waals surface area contributed by atoms with Crippen molar-refractivity contribution < 1.29 is 14.3 Å². The fourth-order valence-corrected chi connectivity index (χ4v) is 5.16. The zero-order chi connectivity index (χ0) is 26.1. The van der Waals surface area contributed by atoms with Crippen molar-refractivity contribution in [3.63, 3.8) is 0 Å². The number of benzene rings is 4. The first-order valence-electron chi connectivity index (χ1n) is 13.0. The van der Waals surface area contributed by atoms with E-state index < -0.39 is 0 Å². The van der Waals surface area contributed by atoms with E-state index in [-0.39, 0.29) is 11.9 Å². The van der Waals surface area contributed by atoms with Gasteiger partial charge in [0.2, 0.25) is 0 Å². The molecule has 1 N–H and O–H groups in total. The van der Waals surface area contributed by atoms with Crippen molar-refractivity contribution in [1.29, 1.82) is 0 Å². The smallest absolute Gasteiger partial charge is 0.270 e. The van der Waals surface area contributed by atoms with Gasteiger partial charge in [0.15, 0.2) is 11.5 Å². The molecule has 1 aromatic heterocycles. The van der Waals surface area contributed by atoms with Crippen LogP contribution in [0.5, 0.6) is 11.5 Å². The summed E-state index contributed by atoms with van der Waals surface area (Å²) in [6.07, 6.45) is 0. The minimum absolute atomic E-state index is 0.174. The lowest BCUT2D eigenvalue weighted by atomic mass is 9.99. The maximum Gasteiger partial charge on any atom is 0.270 e. The molecule has 0 saturated heterocycles. The predicted molar refractivity (Wildman–Crippen MR) is 150 cm³/mol. The Bertz CT molecular complexity index is 1620. The van der Waals surface area contributed by atoms with Crippen LogP contribution in [0.2, 0.25) is 0 Å². The van der Waals surface area contributed by atoms with Gasteiger partial charge in [-0.05, 0) is 48.4 Å². The van der Waals surface area contributed by atoms with Crippen molar-refractivity contribution in [1.82, 2.24) is 14.9 Å². The molecule has 6 nitrogen and oxygen atoms in total. The van der Waals surface area contributed by atoms with Crippen molar-refractivity contribution in [3.05, 3.63) is 102 Å². The number of carbonyl (C=O) groups excluding carboxylic acids is 1. The fourth-order valence-electron chi connectivity index (χ4n) is 5.16. The first kappa shape index (κ1) is 23.8. The molecular formula is C32H29N3O3. The Morgan fingerprint density at radius 1 is 0.895 bits per heavy atom. The lowest BCUT2D eigenvalue weighted by Crippen LogP contribution is -2.29. The van der Waals surface area contributed by atoms with Crippen molar-refractivity contribution >= 4 is 16.7 Å². The molecule has 1 unspecified atom stereocenters. The SMILES string of the molecule is CCn1c(-c2ccccc2)nc(-c2ccc3c(c2)OCCO3)c1C(=O)NC(C)c1cccc2ccccc12. The molecule has 5 aromatic rings. The normalized spacial score (nSPS) is 13.3. The molecule has 1 amide bonds. The highest BCUT2D eigenvalue weighted by Gasteiger charge is 2.27. The number of nitrogens with one attached hydrogen (secondary N) is 1. The summed E-state index contributed by atoms with van der Waals surface area (Å²) in [4.78, 5) is 19.1. The largest absolute Gasteiger partial charge is 0.486 e. The van der Waals surface area contributed by atoms with Crippen LogP contribution < -0.4 is 14.8 Å². The number of nitrogens with zero attached hydrogens (tertiary/aromatic N) is 2. The summed E-state index contributed by atoms with van der Waals surface area (Å²) in [5, 5.41) is 5.54. The van der Waals surface area contributed by atoms with Crippen molar-refractivity contribution in [2.24, 2.45) is 0 Å². The third kappa shape index (κ3) is 4.28. The molecule has 4 aromatic carbocycles. The first-order chi connectivity index (χ1) is 18.6. The van der Waals surface area contributed by atoms with E-state index in [0.717, 1.165) is 33.3 Å². The highest BCUT2D eigenvalue weighted by molar-refractivity contribution is 6.00. The molecule has 0 spiro atoms. The van der Waals surface area contributed by atoms with E-state index in [1.54, 1.807) is 0 Å². The minimum Gasteiger partial charge on any atom is -0.486 e. The average Bonchev–Trinajstić information content (AvgIpc) is 3.37. The van der Waals surface area contributed by atoms with Crippen LogP contribution in [0.4, 0.5) is 0 Å². The number of fused-ring (bicyclic) bond motifs is 2. The van der Waals surface area contributed by atoms with Crippen LogP contribution in [0.15, 0.2) is 91.0 Å². The molecule has 1 atom stereocenters. The summed E-state index contributed by atoms with van der Waals surface area (Å²) < 4.78 is 13.5. The summed E-state index contributed by atoms with van der Waals surface area (Å²) in [6, 6.07) is 29.9. The van der Waals surface area contributed by atoms with Crippen molar-refractivity contribution in [2.75, 3.05) is 13.2 Å². The molecule has 0 aliphatic carbocycles. The molecule has 1 aliphatic rings. The Balaban J connectivity index is 1.45.